The van der Waals surface area contributed by atoms with Gasteiger partial charge in [0.15, 0.2) is 9.84 Å². The molecule has 0 saturated heterocycles. The number of aromatic nitrogens is 1. The minimum Gasteiger partial charge on any atom is -0.478 e. The SMILES string of the molecule is CCn1cc(CS(=O)(=O)C(C)C)c2cccc(C(=O)O)c21. The van der Waals surface area contributed by atoms with Crippen molar-refractivity contribution in [3.8, 4) is 0 Å². The number of aromatic carboxylic acids is 1. The Labute approximate surface area is 124 Å². The first-order valence-corrected chi connectivity index (χ1v) is 8.55. The summed E-state index contributed by atoms with van der Waals surface area (Å²) in [6.45, 7) is 5.79. The molecule has 0 aliphatic rings. The number of fused-ring (bicyclic) bond motifs is 1. The van der Waals surface area contributed by atoms with Gasteiger partial charge in [-0.1, -0.05) is 12.1 Å². The third-order valence-electron chi connectivity index (χ3n) is 3.63. The van der Waals surface area contributed by atoms with Gasteiger partial charge in [-0.2, -0.15) is 0 Å². The van der Waals surface area contributed by atoms with Crippen LogP contribution in [0.5, 0.6) is 0 Å². The van der Waals surface area contributed by atoms with E-state index in [4.69, 9.17) is 0 Å². The van der Waals surface area contributed by atoms with Gasteiger partial charge in [-0.15, -0.1) is 0 Å². The highest BCUT2D eigenvalue weighted by Gasteiger charge is 2.22. The van der Waals surface area contributed by atoms with Crippen LogP contribution in [-0.2, 0) is 22.1 Å². The van der Waals surface area contributed by atoms with Gasteiger partial charge in [0.2, 0.25) is 0 Å². The molecule has 0 aliphatic heterocycles. The van der Waals surface area contributed by atoms with Crippen LogP contribution in [0.15, 0.2) is 24.4 Å². The number of carboxylic acid groups (broad SMARTS) is 1. The van der Waals surface area contributed by atoms with Crippen LogP contribution < -0.4 is 0 Å². The van der Waals surface area contributed by atoms with E-state index in [2.05, 4.69) is 0 Å². The molecule has 114 valence electrons. The van der Waals surface area contributed by atoms with Crippen LogP contribution in [0.1, 0.15) is 36.7 Å². The summed E-state index contributed by atoms with van der Waals surface area (Å²) in [4.78, 5) is 11.4. The molecule has 0 radical (unpaired) electrons. The van der Waals surface area contributed by atoms with Gasteiger partial charge in [-0.3, -0.25) is 0 Å². The second-order valence-corrected chi connectivity index (χ2v) is 7.86. The Bertz CT molecular complexity index is 787. The minimum absolute atomic E-state index is 0.0722. The van der Waals surface area contributed by atoms with Gasteiger partial charge >= 0.3 is 5.97 Å². The molecule has 0 spiro atoms. The predicted octanol–water partition coefficient (Wildman–Crippen LogP) is 2.68. The van der Waals surface area contributed by atoms with E-state index < -0.39 is 21.1 Å². The Hall–Kier alpha value is -1.82. The van der Waals surface area contributed by atoms with Crippen LogP contribution in [0.2, 0.25) is 0 Å². The lowest BCUT2D eigenvalue weighted by Gasteiger charge is -2.06. The van der Waals surface area contributed by atoms with Crippen LogP contribution in [-0.4, -0.2) is 29.3 Å². The third-order valence-corrected chi connectivity index (χ3v) is 5.78. The Balaban J connectivity index is 2.68. The van der Waals surface area contributed by atoms with E-state index in [1.807, 2.05) is 6.92 Å². The minimum atomic E-state index is -3.23. The first-order valence-electron chi connectivity index (χ1n) is 6.83. The van der Waals surface area contributed by atoms with Crippen LogP contribution in [0.4, 0.5) is 0 Å². The zero-order chi connectivity index (χ0) is 15.8. The van der Waals surface area contributed by atoms with Crippen molar-refractivity contribution in [1.82, 2.24) is 4.57 Å². The number of para-hydroxylation sites is 1. The molecule has 21 heavy (non-hydrogen) atoms. The second kappa shape index (κ2) is 5.52. The number of benzene rings is 1. The molecular formula is C15H19NO4S. The Morgan fingerprint density at radius 3 is 2.52 bits per heavy atom. The zero-order valence-corrected chi connectivity index (χ0v) is 13.1. The van der Waals surface area contributed by atoms with E-state index in [1.54, 1.807) is 36.7 Å². The number of carbonyl (C=O) groups is 1. The third kappa shape index (κ3) is 2.81. The summed E-state index contributed by atoms with van der Waals surface area (Å²) in [6, 6.07) is 4.97. The van der Waals surface area contributed by atoms with Gasteiger partial charge in [0, 0.05) is 18.1 Å². The molecule has 0 atom stereocenters. The van der Waals surface area contributed by atoms with Crippen LogP contribution in [0.25, 0.3) is 10.9 Å². The molecule has 1 heterocycles. The molecule has 5 nitrogen and oxygen atoms in total. The fourth-order valence-corrected chi connectivity index (χ4v) is 3.35. The smallest absolute Gasteiger partial charge is 0.337 e. The summed E-state index contributed by atoms with van der Waals surface area (Å²) < 4.78 is 26.1. The Morgan fingerprint density at radius 2 is 2.00 bits per heavy atom. The molecule has 0 aliphatic carbocycles. The summed E-state index contributed by atoms with van der Waals surface area (Å²) >= 11 is 0. The lowest BCUT2D eigenvalue weighted by Crippen LogP contribution is -2.15. The first-order chi connectivity index (χ1) is 9.77. The molecule has 6 heteroatoms. The molecule has 0 saturated carbocycles. The molecular weight excluding hydrogens is 290 g/mol. The highest BCUT2D eigenvalue weighted by atomic mass is 32.2. The van der Waals surface area contributed by atoms with E-state index in [1.165, 1.54) is 6.07 Å². The standard InChI is InChI=1S/C15H19NO4S/c1-4-16-8-11(9-21(19,20)10(2)3)12-6-5-7-13(14(12)16)15(17)18/h5-8,10H,4,9H2,1-3H3,(H,17,18). The molecule has 0 amide bonds. The molecule has 0 fully saturated rings. The maximum absolute atomic E-state index is 12.1. The topological polar surface area (TPSA) is 76.4 Å². The lowest BCUT2D eigenvalue weighted by atomic mass is 10.1. The van der Waals surface area contributed by atoms with Gasteiger partial charge < -0.3 is 9.67 Å². The van der Waals surface area contributed by atoms with Crippen molar-refractivity contribution in [2.45, 2.75) is 38.3 Å². The number of hydrogen-bond donors (Lipinski definition) is 1. The molecule has 0 unspecified atom stereocenters. The van der Waals surface area contributed by atoms with E-state index in [-0.39, 0.29) is 11.3 Å². The summed E-state index contributed by atoms with van der Waals surface area (Å²) in [5.74, 6) is -1.08. The predicted molar refractivity (Wildman–Crippen MR) is 82.3 cm³/mol. The summed E-state index contributed by atoms with van der Waals surface area (Å²) in [5, 5.41) is 9.54. The number of aryl methyl sites for hydroxylation is 1. The molecule has 0 bridgehead atoms. The lowest BCUT2D eigenvalue weighted by molar-refractivity contribution is 0.0698. The fraction of sp³-hybridized carbons (Fsp3) is 0.400. The maximum atomic E-state index is 12.1. The average Bonchev–Trinajstić information content (AvgIpc) is 2.76. The van der Waals surface area contributed by atoms with Crippen LogP contribution in [0.3, 0.4) is 0 Å². The molecule has 2 aromatic rings. The molecule has 1 aromatic heterocycles. The maximum Gasteiger partial charge on any atom is 0.337 e. The van der Waals surface area contributed by atoms with Crippen molar-refractivity contribution in [2.75, 3.05) is 0 Å². The van der Waals surface area contributed by atoms with Gasteiger partial charge in [0.25, 0.3) is 0 Å². The largest absolute Gasteiger partial charge is 0.478 e. The summed E-state index contributed by atoms with van der Waals surface area (Å²) in [7, 11) is -3.23. The first kappa shape index (κ1) is 15.6. The Morgan fingerprint density at radius 1 is 1.33 bits per heavy atom. The quantitative estimate of drug-likeness (QED) is 0.921. The summed E-state index contributed by atoms with van der Waals surface area (Å²) in [6.07, 6.45) is 1.75. The van der Waals surface area contributed by atoms with Crippen molar-refractivity contribution in [3.05, 3.63) is 35.5 Å². The summed E-state index contributed by atoms with van der Waals surface area (Å²) in [5.41, 5.74) is 1.44. The van der Waals surface area contributed by atoms with Crippen molar-refractivity contribution >= 4 is 26.7 Å². The van der Waals surface area contributed by atoms with Crippen LogP contribution in [0, 0.1) is 0 Å². The molecule has 1 N–H and O–H groups in total. The molecule has 2 rings (SSSR count). The van der Waals surface area contributed by atoms with E-state index in [0.717, 1.165) is 0 Å². The van der Waals surface area contributed by atoms with Gasteiger partial charge in [-0.05, 0) is 32.4 Å². The highest BCUT2D eigenvalue weighted by molar-refractivity contribution is 7.91. The number of carboxylic acids is 1. The Kier molecular flexibility index (Phi) is 4.09. The highest BCUT2D eigenvalue weighted by Crippen LogP contribution is 2.27. The van der Waals surface area contributed by atoms with E-state index in [0.29, 0.717) is 23.0 Å². The van der Waals surface area contributed by atoms with E-state index in [9.17, 15) is 18.3 Å². The zero-order valence-electron chi connectivity index (χ0n) is 12.3. The number of rotatable bonds is 5. The normalized spacial score (nSPS) is 12.2. The average molecular weight is 309 g/mol. The van der Waals surface area contributed by atoms with Crippen molar-refractivity contribution in [2.24, 2.45) is 0 Å². The van der Waals surface area contributed by atoms with E-state index >= 15 is 0 Å². The second-order valence-electron chi connectivity index (χ2n) is 5.30. The molecule has 1 aromatic carbocycles. The fourth-order valence-electron chi connectivity index (χ4n) is 2.35. The van der Waals surface area contributed by atoms with Gasteiger partial charge in [0.05, 0.1) is 22.1 Å². The number of sulfone groups is 1. The number of hydrogen-bond acceptors (Lipinski definition) is 3. The van der Waals surface area contributed by atoms with Gasteiger partial charge in [-0.25, -0.2) is 13.2 Å². The monoisotopic (exact) mass is 309 g/mol. The number of nitrogens with zero attached hydrogens (tertiary/aromatic N) is 1. The van der Waals surface area contributed by atoms with Crippen LogP contribution >= 0.6 is 0 Å². The van der Waals surface area contributed by atoms with Crippen molar-refractivity contribution < 1.29 is 18.3 Å². The van der Waals surface area contributed by atoms with Crippen molar-refractivity contribution in [3.63, 3.8) is 0 Å². The van der Waals surface area contributed by atoms with Gasteiger partial charge in [0.1, 0.15) is 0 Å². The van der Waals surface area contributed by atoms with Crippen molar-refractivity contribution in [1.29, 1.82) is 0 Å².